The molecule has 178 valence electrons. The van der Waals surface area contributed by atoms with Gasteiger partial charge >= 0.3 is 0 Å². The van der Waals surface area contributed by atoms with Gasteiger partial charge in [0, 0.05) is 16.9 Å². The number of nitrogens with one attached hydrogen (secondary N) is 2. The van der Waals surface area contributed by atoms with Crippen molar-refractivity contribution in [1.29, 1.82) is 0 Å². The molecule has 2 N–H and O–H groups in total. The van der Waals surface area contributed by atoms with E-state index < -0.39 is 0 Å². The predicted octanol–water partition coefficient (Wildman–Crippen LogP) is 4.85. The molecule has 0 saturated carbocycles. The highest BCUT2D eigenvalue weighted by molar-refractivity contribution is 7.99. The minimum Gasteiger partial charge on any atom is -0.345 e. The number of hydrogen-bond acceptors (Lipinski definition) is 5. The standard InChI is InChI=1S/C27H27N5O2S/c1-18-9-7-11-21(15-18)26(34)28-16-24-30-31-27(32(24)22-12-5-4-6-13-22)35-17-25(33)29-23-14-8-10-19(2)20(23)3/h4-15H,16-17H2,1-3H3,(H,28,34)(H,29,33). The zero-order valence-electron chi connectivity index (χ0n) is 19.9. The maximum Gasteiger partial charge on any atom is 0.251 e. The number of aryl methyl sites for hydroxylation is 2. The number of rotatable bonds is 8. The van der Waals surface area contributed by atoms with E-state index in [9.17, 15) is 9.59 Å². The summed E-state index contributed by atoms with van der Waals surface area (Å²) in [5.41, 5.74) is 5.44. The van der Waals surface area contributed by atoms with Crippen LogP contribution in [-0.2, 0) is 11.3 Å². The SMILES string of the molecule is Cc1cccc(C(=O)NCc2nnc(SCC(=O)Nc3cccc(C)c3C)n2-c2ccccc2)c1. The lowest BCUT2D eigenvalue weighted by atomic mass is 10.1. The largest absolute Gasteiger partial charge is 0.345 e. The molecule has 0 saturated heterocycles. The molecule has 4 aromatic rings. The first kappa shape index (κ1) is 24.2. The van der Waals surface area contributed by atoms with Crippen LogP contribution in [0.15, 0.2) is 78.0 Å². The number of thioether (sulfide) groups is 1. The Balaban J connectivity index is 1.49. The summed E-state index contributed by atoms with van der Waals surface area (Å²) in [5.74, 6) is 0.447. The zero-order chi connectivity index (χ0) is 24.8. The van der Waals surface area contributed by atoms with Crippen molar-refractivity contribution in [2.24, 2.45) is 0 Å². The summed E-state index contributed by atoms with van der Waals surface area (Å²) in [6.07, 6.45) is 0. The monoisotopic (exact) mass is 485 g/mol. The van der Waals surface area contributed by atoms with Gasteiger partial charge in [0.1, 0.15) is 0 Å². The Morgan fingerprint density at radius 2 is 1.69 bits per heavy atom. The van der Waals surface area contributed by atoms with Gasteiger partial charge in [0.25, 0.3) is 5.91 Å². The van der Waals surface area contributed by atoms with Crippen molar-refractivity contribution in [3.8, 4) is 5.69 Å². The lowest BCUT2D eigenvalue weighted by Gasteiger charge is -2.12. The van der Waals surface area contributed by atoms with Gasteiger partial charge in [-0.25, -0.2) is 0 Å². The topological polar surface area (TPSA) is 88.9 Å². The number of carbonyl (C=O) groups excluding carboxylic acids is 2. The molecule has 0 aliphatic carbocycles. The third kappa shape index (κ3) is 5.96. The van der Waals surface area contributed by atoms with Crippen molar-refractivity contribution in [3.05, 3.63) is 101 Å². The molecule has 0 unspecified atom stereocenters. The molecule has 1 heterocycles. The van der Waals surface area contributed by atoms with Crippen LogP contribution in [0.4, 0.5) is 5.69 Å². The first-order valence-electron chi connectivity index (χ1n) is 11.3. The van der Waals surface area contributed by atoms with Crippen LogP contribution in [-0.4, -0.2) is 32.3 Å². The Hall–Kier alpha value is -3.91. The molecule has 35 heavy (non-hydrogen) atoms. The van der Waals surface area contributed by atoms with Crippen molar-refractivity contribution in [2.75, 3.05) is 11.1 Å². The number of amides is 2. The summed E-state index contributed by atoms with van der Waals surface area (Å²) in [7, 11) is 0. The van der Waals surface area contributed by atoms with Crippen LogP contribution in [0.5, 0.6) is 0 Å². The first-order chi connectivity index (χ1) is 16.9. The van der Waals surface area contributed by atoms with E-state index in [0.717, 1.165) is 28.1 Å². The van der Waals surface area contributed by atoms with Crippen LogP contribution in [0.3, 0.4) is 0 Å². The van der Waals surface area contributed by atoms with Crippen molar-refractivity contribution in [1.82, 2.24) is 20.1 Å². The third-order valence-corrected chi connectivity index (χ3v) is 6.54. The number of benzene rings is 3. The van der Waals surface area contributed by atoms with Crippen molar-refractivity contribution in [2.45, 2.75) is 32.5 Å². The van der Waals surface area contributed by atoms with E-state index >= 15 is 0 Å². The molecule has 8 heteroatoms. The molecule has 0 aliphatic rings. The Kier molecular flexibility index (Phi) is 7.62. The van der Waals surface area contributed by atoms with Gasteiger partial charge in [-0.05, 0) is 62.2 Å². The van der Waals surface area contributed by atoms with Crippen molar-refractivity contribution in [3.63, 3.8) is 0 Å². The summed E-state index contributed by atoms with van der Waals surface area (Å²) in [6, 6.07) is 22.9. The Morgan fingerprint density at radius 3 is 2.46 bits per heavy atom. The molecule has 0 radical (unpaired) electrons. The highest BCUT2D eigenvalue weighted by Crippen LogP contribution is 2.23. The Morgan fingerprint density at radius 1 is 0.914 bits per heavy atom. The minimum atomic E-state index is -0.182. The van der Waals surface area contributed by atoms with Crippen molar-refractivity contribution < 1.29 is 9.59 Å². The maximum absolute atomic E-state index is 12.7. The van der Waals surface area contributed by atoms with Gasteiger partial charge in [-0.3, -0.25) is 14.2 Å². The predicted molar refractivity (Wildman–Crippen MR) is 139 cm³/mol. The summed E-state index contributed by atoms with van der Waals surface area (Å²) in [5, 5.41) is 15.1. The lowest BCUT2D eigenvalue weighted by molar-refractivity contribution is -0.113. The Bertz CT molecular complexity index is 1350. The third-order valence-electron chi connectivity index (χ3n) is 5.61. The highest BCUT2D eigenvalue weighted by atomic mass is 32.2. The van der Waals surface area contributed by atoms with E-state index in [2.05, 4.69) is 20.8 Å². The number of para-hydroxylation sites is 1. The van der Waals surface area contributed by atoms with Crippen LogP contribution >= 0.6 is 11.8 Å². The Labute approximate surface area is 209 Å². The second-order valence-electron chi connectivity index (χ2n) is 8.21. The van der Waals surface area contributed by atoms with E-state index in [1.807, 2.05) is 92.1 Å². The summed E-state index contributed by atoms with van der Waals surface area (Å²) in [4.78, 5) is 25.3. The molecule has 2 amide bonds. The van der Waals surface area contributed by atoms with E-state index in [-0.39, 0.29) is 24.1 Å². The average molecular weight is 486 g/mol. The molecule has 4 rings (SSSR count). The van der Waals surface area contributed by atoms with Crippen LogP contribution < -0.4 is 10.6 Å². The molecule has 3 aromatic carbocycles. The molecular weight excluding hydrogens is 458 g/mol. The summed E-state index contributed by atoms with van der Waals surface area (Å²) < 4.78 is 1.87. The van der Waals surface area contributed by atoms with Gasteiger partial charge in [-0.1, -0.05) is 59.8 Å². The number of anilines is 1. The van der Waals surface area contributed by atoms with Crippen LogP contribution in [0.1, 0.15) is 32.9 Å². The fraction of sp³-hybridized carbons (Fsp3) is 0.185. The average Bonchev–Trinajstić information content (AvgIpc) is 3.27. The van der Waals surface area contributed by atoms with Gasteiger partial charge in [-0.2, -0.15) is 0 Å². The lowest BCUT2D eigenvalue weighted by Crippen LogP contribution is -2.24. The zero-order valence-corrected chi connectivity index (χ0v) is 20.7. The maximum atomic E-state index is 12.7. The van der Waals surface area contributed by atoms with E-state index in [0.29, 0.717) is 16.5 Å². The van der Waals surface area contributed by atoms with Gasteiger partial charge in [0.05, 0.1) is 12.3 Å². The molecule has 0 spiro atoms. The molecule has 1 aromatic heterocycles. The minimum absolute atomic E-state index is 0.124. The van der Waals surface area contributed by atoms with Crippen LogP contribution in [0.2, 0.25) is 0 Å². The molecular formula is C27H27N5O2S. The highest BCUT2D eigenvalue weighted by Gasteiger charge is 2.17. The second-order valence-corrected chi connectivity index (χ2v) is 9.15. The molecule has 0 fully saturated rings. The molecule has 0 bridgehead atoms. The van der Waals surface area contributed by atoms with Gasteiger partial charge < -0.3 is 10.6 Å². The number of nitrogens with zero attached hydrogens (tertiary/aromatic N) is 3. The first-order valence-corrected chi connectivity index (χ1v) is 12.2. The van der Waals surface area contributed by atoms with Crippen molar-refractivity contribution >= 4 is 29.3 Å². The van der Waals surface area contributed by atoms with Gasteiger partial charge in [-0.15, -0.1) is 10.2 Å². The van der Waals surface area contributed by atoms with E-state index in [1.54, 1.807) is 6.07 Å². The molecule has 0 atom stereocenters. The number of carbonyl (C=O) groups is 2. The van der Waals surface area contributed by atoms with Crippen LogP contribution in [0.25, 0.3) is 5.69 Å². The fourth-order valence-electron chi connectivity index (χ4n) is 3.60. The summed E-state index contributed by atoms with van der Waals surface area (Å²) in [6.45, 7) is 6.15. The normalized spacial score (nSPS) is 10.7. The van der Waals surface area contributed by atoms with Crippen LogP contribution in [0, 0.1) is 20.8 Å². The smallest absolute Gasteiger partial charge is 0.251 e. The quantitative estimate of drug-likeness (QED) is 0.348. The number of hydrogen-bond donors (Lipinski definition) is 2. The molecule has 0 aliphatic heterocycles. The van der Waals surface area contributed by atoms with Gasteiger partial charge in [0.2, 0.25) is 5.91 Å². The number of aromatic nitrogens is 3. The van der Waals surface area contributed by atoms with Gasteiger partial charge in [0.15, 0.2) is 11.0 Å². The second kappa shape index (κ2) is 11.0. The van der Waals surface area contributed by atoms with E-state index in [4.69, 9.17) is 0 Å². The fourth-order valence-corrected chi connectivity index (χ4v) is 4.37. The summed E-state index contributed by atoms with van der Waals surface area (Å²) >= 11 is 1.30. The molecule has 7 nitrogen and oxygen atoms in total. The van der Waals surface area contributed by atoms with E-state index in [1.165, 1.54) is 11.8 Å².